The summed E-state index contributed by atoms with van der Waals surface area (Å²) in [6, 6.07) is 20.4. The summed E-state index contributed by atoms with van der Waals surface area (Å²) >= 11 is 6.44. The van der Waals surface area contributed by atoms with E-state index in [1.54, 1.807) is 30.3 Å². The van der Waals surface area contributed by atoms with Crippen LogP contribution in [0.4, 0.5) is 5.69 Å². The van der Waals surface area contributed by atoms with Crippen LogP contribution in [0.5, 0.6) is 0 Å². The van der Waals surface area contributed by atoms with Gasteiger partial charge in [0.2, 0.25) is 0 Å². The number of Topliss-reactive ketones (excluding diaryl/α,β-unsaturated/α-hetero) is 1. The Morgan fingerprint density at radius 1 is 0.957 bits per heavy atom. The highest BCUT2D eigenvalue weighted by Gasteiger charge is 2.18. The number of oxazole rings is 1. The lowest BCUT2D eigenvalue weighted by atomic mass is 9.97. The fraction of sp³-hybridized carbons (Fsp3) is 0.333. The summed E-state index contributed by atoms with van der Waals surface area (Å²) in [7, 11) is 0. The lowest BCUT2D eigenvalue weighted by Crippen LogP contribution is -2.14. The van der Waals surface area contributed by atoms with Crippen LogP contribution in [0.15, 0.2) is 77.3 Å². The Balaban J connectivity index is 0.000000406. The third-order valence-electron chi connectivity index (χ3n) is 7.58. The van der Waals surface area contributed by atoms with Gasteiger partial charge in [0.25, 0.3) is 5.91 Å². The monoisotopic (exact) mass is 639 g/mol. The largest absolute Gasteiger partial charge is 0.446 e. The average molecular weight is 640 g/mol. The molecule has 5 rings (SSSR count). The van der Waals surface area contributed by atoms with Gasteiger partial charge in [0.15, 0.2) is 11.7 Å². The highest BCUT2D eigenvalue weighted by Crippen LogP contribution is 2.32. The van der Waals surface area contributed by atoms with Crippen molar-refractivity contribution in [3.05, 3.63) is 112 Å². The topological polar surface area (TPSA) is 85.1 Å². The predicted octanol–water partition coefficient (Wildman–Crippen LogP) is 11.0. The first kappa shape index (κ1) is 36.2. The number of rotatable bonds is 9. The molecule has 0 bridgehead atoms. The van der Waals surface area contributed by atoms with Crippen molar-refractivity contribution in [3.63, 3.8) is 0 Å². The molecule has 5 aromatic rings. The Bertz CT molecular complexity index is 1760. The highest BCUT2D eigenvalue weighted by atomic mass is 35.5. The number of nitrogens with zero attached hydrogens (tertiary/aromatic N) is 2. The SMILES string of the molecule is CC.CCC(C)C(=O)c1ccc(NC(=O)c2cc(-c3ccccc3Cl)nc3c(C)cc(C)cc23)cc1.CCCCc1cnc(C)o1. The predicted molar refractivity (Wildman–Crippen MR) is 191 cm³/mol. The van der Waals surface area contributed by atoms with Crippen molar-refractivity contribution in [2.24, 2.45) is 5.92 Å². The molecule has 0 aliphatic rings. The van der Waals surface area contributed by atoms with Crippen molar-refractivity contribution in [2.75, 3.05) is 5.32 Å². The average Bonchev–Trinajstić information content (AvgIpc) is 3.49. The summed E-state index contributed by atoms with van der Waals surface area (Å²) in [4.78, 5) is 34.7. The van der Waals surface area contributed by atoms with Gasteiger partial charge in [-0.15, -0.1) is 0 Å². The van der Waals surface area contributed by atoms with Crippen LogP contribution in [0, 0.1) is 26.7 Å². The molecule has 0 aliphatic heterocycles. The molecule has 0 saturated carbocycles. The molecule has 0 aliphatic carbocycles. The summed E-state index contributed by atoms with van der Waals surface area (Å²) in [5.74, 6) is 1.62. The van der Waals surface area contributed by atoms with Crippen molar-refractivity contribution >= 4 is 39.9 Å². The zero-order valence-electron chi connectivity index (χ0n) is 28.3. The van der Waals surface area contributed by atoms with E-state index in [0.29, 0.717) is 27.5 Å². The molecule has 1 unspecified atom stereocenters. The number of unbranched alkanes of at least 4 members (excludes halogenated alkanes) is 1. The van der Waals surface area contributed by atoms with E-state index < -0.39 is 0 Å². The molecule has 46 heavy (non-hydrogen) atoms. The number of amides is 1. The Labute approximate surface area is 278 Å². The van der Waals surface area contributed by atoms with Crippen LogP contribution in [-0.2, 0) is 6.42 Å². The number of carbonyl (C=O) groups excluding carboxylic acids is 2. The first-order valence-corrected chi connectivity index (χ1v) is 16.5. The van der Waals surface area contributed by atoms with E-state index in [0.717, 1.165) is 52.1 Å². The van der Waals surface area contributed by atoms with E-state index in [1.807, 2.05) is 85.0 Å². The third-order valence-corrected chi connectivity index (χ3v) is 7.91. The number of fused-ring (bicyclic) bond motifs is 1. The second-order valence-corrected chi connectivity index (χ2v) is 11.6. The highest BCUT2D eigenvalue weighted by molar-refractivity contribution is 6.33. The fourth-order valence-electron chi connectivity index (χ4n) is 4.93. The molecular formula is C39H46ClN3O3. The van der Waals surface area contributed by atoms with Crippen LogP contribution in [0.3, 0.4) is 0 Å². The van der Waals surface area contributed by atoms with Crippen molar-refractivity contribution in [1.82, 2.24) is 9.97 Å². The van der Waals surface area contributed by atoms with Crippen LogP contribution in [0.25, 0.3) is 22.2 Å². The molecule has 7 heteroatoms. The van der Waals surface area contributed by atoms with Gasteiger partial charge >= 0.3 is 0 Å². The third kappa shape index (κ3) is 9.37. The summed E-state index contributed by atoms with van der Waals surface area (Å²) in [6.45, 7) is 16.0. The van der Waals surface area contributed by atoms with Crippen molar-refractivity contribution in [3.8, 4) is 11.3 Å². The van der Waals surface area contributed by atoms with E-state index in [1.165, 1.54) is 12.8 Å². The number of pyridine rings is 1. The van der Waals surface area contributed by atoms with E-state index in [9.17, 15) is 9.59 Å². The minimum atomic E-state index is -0.244. The zero-order valence-corrected chi connectivity index (χ0v) is 29.1. The molecule has 1 N–H and O–H groups in total. The van der Waals surface area contributed by atoms with E-state index >= 15 is 0 Å². The van der Waals surface area contributed by atoms with Crippen LogP contribution in [0.2, 0.25) is 5.02 Å². The standard InChI is InChI=1S/C29H27ClN2O2.C8H13NO.C2H6/c1-5-18(3)28(33)20-10-12-21(13-11-20)31-29(34)24-16-26(22-8-6-7-9-25(22)30)32-27-19(4)14-17(2)15-23(24)27;1-3-4-5-8-6-9-7(2)10-8;1-2/h6-16,18H,5H2,1-4H3,(H,31,34);6H,3-5H2,1-2H3;1-2H3. The first-order chi connectivity index (χ1) is 22.1. The fourth-order valence-corrected chi connectivity index (χ4v) is 5.17. The van der Waals surface area contributed by atoms with Gasteiger partial charge in [-0.25, -0.2) is 9.97 Å². The first-order valence-electron chi connectivity index (χ1n) is 16.1. The second kappa shape index (κ2) is 17.4. The lowest BCUT2D eigenvalue weighted by molar-refractivity contribution is 0.0927. The van der Waals surface area contributed by atoms with Gasteiger partial charge < -0.3 is 9.73 Å². The summed E-state index contributed by atoms with van der Waals surface area (Å²) in [5, 5.41) is 4.34. The molecule has 1 amide bonds. The minimum Gasteiger partial charge on any atom is -0.446 e. The molecule has 6 nitrogen and oxygen atoms in total. The number of aryl methyl sites for hydroxylation is 4. The van der Waals surface area contributed by atoms with Gasteiger partial charge in [-0.05, 0) is 74.7 Å². The normalized spacial score (nSPS) is 11.2. The van der Waals surface area contributed by atoms with Gasteiger partial charge in [0.1, 0.15) is 5.76 Å². The van der Waals surface area contributed by atoms with Crippen LogP contribution < -0.4 is 5.32 Å². The smallest absolute Gasteiger partial charge is 0.256 e. The quantitative estimate of drug-likeness (QED) is 0.162. The number of halogens is 1. The minimum absolute atomic E-state index is 0.0293. The van der Waals surface area contributed by atoms with E-state index in [-0.39, 0.29) is 17.6 Å². The lowest BCUT2D eigenvalue weighted by Gasteiger charge is -2.14. The maximum atomic E-state index is 13.5. The number of aromatic nitrogens is 2. The number of nitrogens with one attached hydrogen (secondary N) is 1. The van der Waals surface area contributed by atoms with Crippen molar-refractivity contribution in [2.45, 2.75) is 81.1 Å². The van der Waals surface area contributed by atoms with Crippen LogP contribution in [0.1, 0.15) is 97.4 Å². The molecule has 0 spiro atoms. The maximum Gasteiger partial charge on any atom is 0.256 e. The van der Waals surface area contributed by atoms with Crippen molar-refractivity contribution in [1.29, 1.82) is 0 Å². The number of carbonyl (C=O) groups is 2. The number of hydrogen-bond acceptors (Lipinski definition) is 5. The van der Waals surface area contributed by atoms with E-state index in [4.69, 9.17) is 21.0 Å². The molecule has 2 aromatic heterocycles. The summed E-state index contributed by atoms with van der Waals surface area (Å²) < 4.78 is 5.27. The molecule has 242 valence electrons. The van der Waals surface area contributed by atoms with Gasteiger partial charge in [0, 0.05) is 46.5 Å². The second-order valence-electron chi connectivity index (χ2n) is 11.2. The summed E-state index contributed by atoms with van der Waals surface area (Å²) in [5.41, 5.74) is 6.02. The zero-order chi connectivity index (χ0) is 33.8. The number of ketones is 1. The molecule has 0 fully saturated rings. The number of anilines is 1. The molecule has 0 radical (unpaired) electrons. The van der Waals surface area contributed by atoms with E-state index in [2.05, 4.69) is 23.3 Å². The Hall–Kier alpha value is -4.29. The van der Waals surface area contributed by atoms with Crippen LogP contribution in [-0.4, -0.2) is 21.7 Å². The van der Waals surface area contributed by atoms with Gasteiger partial charge in [-0.3, -0.25) is 9.59 Å². The maximum absolute atomic E-state index is 13.5. The Kier molecular flexibility index (Phi) is 13.7. The molecular weight excluding hydrogens is 594 g/mol. The van der Waals surface area contributed by atoms with Crippen LogP contribution >= 0.6 is 11.6 Å². The molecule has 2 heterocycles. The number of benzene rings is 3. The van der Waals surface area contributed by atoms with Crippen molar-refractivity contribution < 1.29 is 14.0 Å². The van der Waals surface area contributed by atoms with Gasteiger partial charge in [-0.2, -0.15) is 0 Å². The molecule has 1 atom stereocenters. The molecule has 0 saturated heterocycles. The van der Waals surface area contributed by atoms with Gasteiger partial charge in [-0.1, -0.05) is 82.5 Å². The van der Waals surface area contributed by atoms with Gasteiger partial charge in [0.05, 0.1) is 23.0 Å². The number of hydrogen-bond donors (Lipinski definition) is 1. The molecule has 3 aromatic carbocycles. The Morgan fingerprint density at radius 3 is 2.26 bits per heavy atom. The summed E-state index contributed by atoms with van der Waals surface area (Å²) in [6.07, 6.45) is 6.02. The Morgan fingerprint density at radius 2 is 1.65 bits per heavy atom.